The van der Waals surface area contributed by atoms with Crippen LogP contribution in [0.25, 0.3) is 0 Å². The van der Waals surface area contributed by atoms with Crippen LogP contribution in [0, 0.1) is 0 Å². The molecule has 0 aromatic carbocycles. The maximum atomic E-state index is 12.6. The fourth-order valence-corrected chi connectivity index (χ4v) is 2.27. The van der Waals surface area contributed by atoms with Gasteiger partial charge in [0.25, 0.3) is 0 Å². The van der Waals surface area contributed by atoms with Crippen LogP contribution < -0.4 is 15.4 Å². The van der Waals surface area contributed by atoms with Crippen molar-refractivity contribution in [2.24, 2.45) is 4.99 Å². The van der Waals surface area contributed by atoms with Crippen LogP contribution in [-0.2, 0) is 12.7 Å². The van der Waals surface area contributed by atoms with Crippen LogP contribution in [-0.4, -0.2) is 42.3 Å². The van der Waals surface area contributed by atoms with Crippen molar-refractivity contribution >= 4 is 17.6 Å². The number of rotatable bonds is 7. The number of aliphatic imine (C=N–C) groups is 1. The lowest BCUT2D eigenvalue weighted by molar-refractivity contribution is -0.137. The molecule has 2 heterocycles. The van der Waals surface area contributed by atoms with E-state index in [0.717, 1.165) is 12.6 Å². The lowest BCUT2D eigenvalue weighted by Crippen LogP contribution is -2.40. The van der Waals surface area contributed by atoms with Crippen molar-refractivity contribution in [1.29, 1.82) is 0 Å². The molecule has 2 aromatic heterocycles. The minimum Gasteiger partial charge on any atom is -0.475 e. The van der Waals surface area contributed by atoms with Gasteiger partial charge >= 0.3 is 6.18 Å². The zero-order valence-electron chi connectivity index (χ0n) is 14.1. The Labute approximate surface area is 154 Å². The van der Waals surface area contributed by atoms with Crippen molar-refractivity contribution in [3.63, 3.8) is 0 Å². The molecule has 0 aliphatic carbocycles. The monoisotopic (exact) mass is 389 g/mol. The standard InChI is InChI=1S/C16H19ClF3N5O/c1-21-15(22-4-8-25-6-2-3-7-25)23-5-9-26-14-13(17)10-12(11-24-14)16(18,19)20/h2-3,6-7,10-11H,4-5,8-9H2,1H3,(H2,21,22,23). The van der Waals surface area contributed by atoms with Gasteiger partial charge < -0.3 is 19.9 Å². The summed E-state index contributed by atoms with van der Waals surface area (Å²) >= 11 is 5.78. The fraction of sp³-hybridized carbons (Fsp3) is 0.375. The van der Waals surface area contributed by atoms with Crippen LogP contribution in [0.2, 0.25) is 5.02 Å². The number of hydrogen-bond donors (Lipinski definition) is 2. The van der Waals surface area contributed by atoms with Gasteiger partial charge in [0.2, 0.25) is 5.88 Å². The largest absolute Gasteiger partial charge is 0.475 e. The van der Waals surface area contributed by atoms with Crippen LogP contribution >= 0.6 is 11.6 Å². The second-order valence-electron chi connectivity index (χ2n) is 5.20. The van der Waals surface area contributed by atoms with E-state index in [1.165, 1.54) is 0 Å². The van der Waals surface area contributed by atoms with Crippen molar-refractivity contribution < 1.29 is 17.9 Å². The van der Waals surface area contributed by atoms with Crippen LogP contribution in [0.4, 0.5) is 13.2 Å². The molecule has 2 rings (SSSR count). The van der Waals surface area contributed by atoms with Crippen LogP contribution in [0.15, 0.2) is 41.8 Å². The summed E-state index contributed by atoms with van der Waals surface area (Å²) in [5.74, 6) is 0.546. The molecule has 0 amide bonds. The second kappa shape index (κ2) is 9.33. The Morgan fingerprint density at radius 2 is 1.96 bits per heavy atom. The summed E-state index contributed by atoms with van der Waals surface area (Å²) in [4.78, 5) is 7.68. The maximum absolute atomic E-state index is 12.6. The zero-order valence-corrected chi connectivity index (χ0v) is 14.8. The summed E-state index contributed by atoms with van der Waals surface area (Å²) in [6.07, 6.45) is 0.130. The third kappa shape index (κ3) is 6.14. The van der Waals surface area contributed by atoms with E-state index in [1.54, 1.807) is 7.05 Å². The molecule has 2 N–H and O–H groups in total. The number of nitrogens with zero attached hydrogens (tertiary/aromatic N) is 3. The Balaban J connectivity index is 1.71. The highest BCUT2D eigenvalue weighted by Gasteiger charge is 2.31. The first-order valence-corrected chi connectivity index (χ1v) is 8.19. The summed E-state index contributed by atoms with van der Waals surface area (Å²) in [5, 5.41) is 5.98. The Morgan fingerprint density at radius 3 is 2.58 bits per heavy atom. The number of alkyl halides is 3. The highest BCUT2D eigenvalue weighted by atomic mass is 35.5. The van der Waals surface area contributed by atoms with E-state index in [0.29, 0.717) is 25.2 Å². The molecule has 0 saturated heterocycles. The average molecular weight is 390 g/mol. The molecule has 6 nitrogen and oxygen atoms in total. The van der Waals surface area contributed by atoms with Gasteiger partial charge in [-0.25, -0.2) is 4.98 Å². The lowest BCUT2D eigenvalue weighted by atomic mass is 10.3. The zero-order chi connectivity index (χ0) is 19.0. The third-order valence-electron chi connectivity index (χ3n) is 3.32. The van der Waals surface area contributed by atoms with Crippen molar-refractivity contribution in [3.05, 3.63) is 47.4 Å². The lowest BCUT2D eigenvalue weighted by Gasteiger charge is -2.13. The van der Waals surface area contributed by atoms with Crippen LogP contribution in [0.3, 0.4) is 0 Å². The van der Waals surface area contributed by atoms with E-state index in [2.05, 4.69) is 20.6 Å². The number of halogens is 4. The van der Waals surface area contributed by atoms with Gasteiger partial charge in [-0.15, -0.1) is 0 Å². The van der Waals surface area contributed by atoms with Crippen molar-refractivity contribution in [3.8, 4) is 5.88 Å². The van der Waals surface area contributed by atoms with Crippen molar-refractivity contribution in [1.82, 2.24) is 20.2 Å². The molecule has 0 saturated carbocycles. The average Bonchev–Trinajstić information content (AvgIpc) is 3.10. The predicted octanol–water partition coefficient (Wildman–Crippen LogP) is 2.80. The SMILES string of the molecule is CN=C(NCCOc1ncc(C(F)(F)F)cc1Cl)NCCn1cccc1. The molecular formula is C16H19ClF3N5O. The smallest absolute Gasteiger partial charge is 0.417 e. The summed E-state index contributed by atoms with van der Waals surface area (Å²) in [7, 11) is 1.64. The van der Waals surface area contributed by atoms with Gasteiger partial charge in [0, 0.05) is 38.7 Å². The maximum Gasteiger partial charge on any atom is 0.417 e. The van der Waals surface area contributed by atoms with Crippen LogP contribution in [0.5, 0.6) is 5.88 Å². The Hall–Kier alpha value is -2.42. The molecule has 0 fully saturated rings. The van der Waals surface area contributed by atoms with Crippen molar-refractivity contribution in [2.75, 3.05) is 26.7 Å². The molecule has 0 bridgehead atoms. The second-order valence-corrected chi connectivity index (χ2v) is 5.61. The first kappa shape index (κ1) is 19.9. The quantitative estimate of drug-likeness (QED) is 0.434. The molecule has 10 heteroatoms. The first-order chi connectivity index (χ1) is 12.4. The minimum absolute atomic E-state index is 0.0444. The van der Waals surface area contributed by atoms with E-state index in [4.69, 9.17) is 16.3 Å². The Morgan fingerprint density at radius 1 is 1.27 bits per heavy atom. The van der Waals surface area contributed by atoms with Gasteiger partial charge in [-0.3, -0.25) is 4.99 Å². The first-order valence-electron chi connectivity index (χ1n) is 7.81. The number of pyridine rings is 1. The molecule has 2 aromatic rings. The molecule has 0 radical (unpaired) electrons. The molecular weight excluding hydrogens is 371 g/mol. The van der Waals surface area contributed by atoms with E-state index < -0.39 is 11.7 Å². The summed E-state index contributed by atoms with van der Waals surface area (Å²) in [6.45, 7) is 2.01. The molecule has 0 spiro atoms. The van der Waals surface area contributed by atoms with Gasteiger partial charge in [-0.1, -0.05) is 11.6 Å². The van der Waals surface area contributed by atoms with Gasteiger partial charge in [0.15, 0.2) is 5.96 Å². The van der Waals surface area contributed by atoms with Crippen molar-refractivity contribution in [2.45, 2.75) is 12.7 Å². The van der Waals surface area contributed by atoms with E-state index >= 15 is 0 Å². The Bertz CT molecular complexity index is 719. The molecule has 0 aliphatic rings. The van der Waals surface area contributed by atoms with E-state index in [-0.39, 0.29) is 17.5 Å². The summed E-state index contributed by atoms with van der Waals surface area (Å²) in [6, 6.07) is 4.69. The fourth-order valence-electron chi connectivity index (χ4n) is 2.05. The molecule has 0 atom stereocenters. The van der Waals surface area contributed by atoms with Crippen LogP contribution in [0.1, 0.15) is 5.56 Å². The number of aromatic nitrogens is 2. The summed E-state index contributed by atoms with van der Waals surface area (Å²) in [5.41, 5.74) is -0.916. The normalized spacial score (nSPS) is 12.1. The number of ether oxygens (including phenoxy) is 1. The topological polar surface area (TPSA) is 63.5 Å². The molecule has 142 valence electrons. The van der Waals surface area contributed by atoms with Gasteiger partial charge in [-0.05, 0) is 18.2 Å². The molecule has 26 heavy (non-hydrogen) atoms. The van der Waals surface area contributed by atoms with E-state index in [1.807, 2.05) is 29.1 Å². The number of hydrogen-bond acceptors (Lipinski definition) is 3. The highest BCUT2D eigenvalue weighted by Crippen LogP contribution is 2.32. The third-order valence-corrected chi connectivity index (χ3v) is 3.59. The van der Waals surface area contributed by atoms with Gasteiger partial charge in [0.1, 0.15) is 11.6 Å². The van der Waals surface area contributed by atoms with Gasteiger partial charge in [-0.2, -0.15) is 13.2 Å². The predicted molar refractivity (Wildman–Crippen MR) is 93.5 cm³/mol. The minimum atomic E-state index is -4.49. The number of nitrogens with one attached hydrogen (secondary N) is 2. The van der Waals surface area contributed by atoms with Gasteiger partial charge in [0.05, 0.1) is 12.1 Å². The molecule has 0 unspecified atom stereocenters. The van der Waals surface area contributed by atoms with E-state index in [9.17, 15) is 13.2 Å². The highest BCUT2D eigenvalue weighted by molar-refractivity contribution is 6.31. The Kier molecular flexibility index (Phi) is 7.14. The number of guanidine groups is 1. The summed E-state index contributed by atoms with van der Waals surface area (Å²) < 4.78 is 45.0. The molecule has 0 aliphatic heterocycles.